The number of nitrogens with one attached hydrogen (secondary N) is 1. The van der Waals surface area contributed by atoms with Gasteiger partial charge in [0.05, 0.1) is 18.7 Å². The summed E-state index contributed by atoms with van der Waals surface area (Å²) < 4.78 is 23.9. The van der Waals surface area contributed by atoms with Crippen LogP contribution in [-0.4, -0.2) is 13.0 Å². The number of methoxy groups -OCH3 is 1. The lowest BCUT2D eigenvalue weighted by Crippen LogP contribution is -2.26. The fourth-order valence-corrected chi connectivity index (χ4v) is 2.17. The number of amides is 1. The summed E-state index contributed by atoms with van der Waals surface area (Å²) in [6.07, 6.45) is 0. The zero-order valence-electron chi connectivity index (χ0n) is 12.5. The highest BCUT2D eigenvalue weighted by Gasteiger charge is 2.17. The summed E-state index contributed by atoms with van der Waals surface area (Å²) in [6, 6.07) is 5.98. The van der Waals surface area contributed by atoms with E-state index >= 15 is 0 Å². The Balaban J connectivity index is 2.14. The predicted octanol–water partition coefficient (Wildman–Crippen LogP) is 3.54. The third-order valence-electron chi connectivity index (χ3n) is 3.31. The lowest BCUT2D eigenvalue weighted by atomic mass is 10.1. The summed E-state index contributed by atoms with van der Waals surface area (Å²) in [4.78, 5) is 12.2. The first-order valence-corrected chi connectivity index (χ1v) is 6.63. The van der Waals surface area contributed by atoms with E-state index in [0.29, 0.717) is 22.6 Å². The van der Waals surface area contributed by atoms with Gasteiger partial charge in [-0.25, -0.2) is 4.39 Å². The van der Waals surface area contributed by atoms with Crippen molar-refractivity contribution in [1.82, 2.24) is 5.32 Å². The molecule has 0 radical (unpaired) electrons. The quantitative estimate of drug-likeness (QED) is 0.937. The zero-order valence-corrected chi connectivity index (χ0v) is 12.5. The van der Waals surface area contributed by atoms with E-state index in [4.69, 9.17) is 9.15 Å². The monoisotopic (exact) mass is 291 g/mol. The van der Waals surface area contributed by atoms with Gasteiger partial charge in [-0.05, 0) is 44.5 Å². The van der Waals surface area contributed by atoms with Gasteiger partial charge in [-0.2, -0.15) is 0 Å². The fourth-order valence-electron chi connectivity index (χ4n) is 2.17. The predicted molar refractivity (Wildman–Crippen MR) is 77.0 cm³/mol. The topological polar surface area (TPSA) is 51.5 Å². The number of hydrogen-bond acceptors (Lipinski definition) is 3. The van der Waals surface area contributed by atoms with Gasteiger partial charge in [0.1, 0.15) is 11.5 Å². The van der Waals surface area contributed by atoms with Gasteiger partial charge in [-0.3, -0.25) is 4.79 Å². The van der Waals surface area contributed by atoms with E-state index in [2.05, 4.69) is 5.32 Å². The van der Waals surface area contributed by atoms with E-state index in [1.165, 1.54) is 13.2 Å². The number of benzene rings is 1. The Morgan fingerprint density at radius 1 is 1.33 bits per heavy atom. The van der Waals surface area contributed by atoms with Crippen LogP contribution in [-0.2, 0) is 0 Å². The third-order valence-corrected chi connectivity index (χ3v) is 3.31. The molecule has 1 atom stereocenters. The summed E-state index contributed by atoms with van der Waals surface area (Å²) in [5.74, 6) is 0.733. The minimum Gasteiger partial charge on any atom is -0.494 e. The number of rotatable bonds is 4. The van der Waals surface area contributed by atoms with Crippen molar-refractivity contribution in [2.45, 2.75) is 26.8 Å². The van der Waals surface area contributed by atoms with Crippen molar-refractivity contribution >= 4 is 5.91 Å². The third kappa shape index (κ3) is 3.24. The molecule has 1 aromatic heterocycles. The molecule has 21 heavy (non-hydrogen) atoms. The van der Waals surface area contributed by atoms with Crippen LogP contribution < -0.4 is 10.1 Å². The van der Waals surface area contributed by atoms with Gasteiger partial charge in [0.15, 0.2) is 11.6 Å². The molecule has 0 aliphatic rings. The lowest BCUT2D eigenvalue weighted by molar-refractivity contribution is 0.0938. The molecule has 1 amide bonds. The number of carbonyl (C=O) groups is 1. The highest BCUT2D eigenvalue weighted by atomic mass is 19.1. The molecule has 0 aliphatic heterocycles. The first kappa shape index (κ1) is 15.1. The molecule has 1 heterocycles. The lowest BCUT2D eigenvalue weighted by Gasteiger charge is -2.15. The molecular weight excluding hydrogens is 273 g/mol. The van der Waals surface area contributed by atoms with Crippen LogP contribution >= 0.6 is 0 Å². The van der Waals surface area contributed by atoms with E-state index in [1.54, 1.807) is 39.0 Å². The molecule has 112 valence electrons. The molecule has 0 saturated carbocycles. The molecule has 0 aliphatic carbocycles. The van der Waals surface area contributed by atoms with Crippen LogP contribution in [0.2, 0.25) is 0 Å². The van der Waals surface area contributed by atoms with Crippen molar-refractivity contribution in [3.05, 3.63) is 52.7 Å². The summed E-state index contributed by atoms with van der Waals surface area (Å²) in [5.41, 5.74) is 1.16. The molecule has 1 N–H and O–H groups in total. The van der Waals surface area contributed by atoms with Crippen LogP contribution in [0.5, 0.6) is 5.75 Å². The normalized spacial score (nSPS) is 12.0. The highest BCUT2D eigenvalue weighted by molar-refractivity contribution is 5.95. The minimum atomic E-state index is -0.452. The molecule has 1 aromatic carbocycles. The van der Waals surface area contributed by atoms with Crippen LogP contribution in [0.25, 0.3) is 0 Å². The Hall–Kier alpha value is -2.30. The summed E-state index contributed by atoms with van der Waals surface area (Å²) in [7, 11) is 1.41. The number of ether oxygens (including phenoxy) is 1. The Morgan fingerprint density at radius 3 is 2.57 bits per heavy atom. The van der Waals surface area contributed by atoms with E-state index in [-0.39, 0.29) is 17.7 Å². The molecule has 2 rings (SSSR count). The van der Waals surface area contributed by atoms with Crippen LogP contribution in [0.4, 0.5) is 4.39 Å². The smallest absolute Gasteiger partial charge is 0.255 e. The van der Waals surface area contributed by atoms with Crippen molar-refractivity contribution in [3.8, 4) is 5.75 Å². The summed E-state index contributed by atoms with van der Waals surface area (Å²) in [6.45, 7) is 5.31. The Kier molecular flexibility index (Phi) is 4.31. The van der Waals surface area contributed by atoms with E-state index in [1.807, 2.05) is 0 Å². The van der Waals surface area contributed by atoms with Crippen molar-refractivity contribution in [2.75, 3.05) is 7.11 Å². The summed E-state index contributed by atoms with van der Waals surface area (Å²) >= 11 is 0. The standard InChI is InChI=1S/C16H18FNO3/c1-9-7-13(11(3)21-9)16(19)18-10(2)12-5-6-15(20-4)14(17)8-12/h5-8,10H,1-4H3,(H,18,19). The SMILES string of the molecule is COc1ccc(C(C)NC(=O)c2cc(C)oc2C)cc1F. The number of furan rings is 1. The second kappa shape index (κ2) is 5.99. The van der Waals surface area contributed by atoms with Gasteiger partial charge in [0.2, 0.25) is 0 Å². The second-order valence-electron chi connectivity index (χ2n) is 4.92. The highest BCUT2D eigenvalue weighted by Crippen LogP contribution is 2.22. The molecule has 0 spiro atoms. The van der Waals surface area contributed by atoms with Crippen molar-refractivity contribution in [2.24, 2.45) is 0 Å². The van der Waals surface area contributed by atoms with E-state index in [9.17, 15) is 9.18 Å². The molecule has 0 saturated heterocycles. The molecule has 1 unspecified atom stereocenters. The molecule has 4 nitrogen and oxygen atoms in total. The maximum atomic E-state index is 13.7. The molecule has 2 aromatic rings. The average Bonchev–Trinajstić information content (AvgIpc) is 2.77. The largest absolute Gasteiger partial charge is 0.494 e. The zero-order chi connectivity index (χ0) is 15.6. The van der Waals surface area contributed by atoms with Crippen LogP contribution in [0, 0.1) is 19.7 Å². The van der Waals surface area contributed by atoms with Crippen molar-refractivity contribution < 1.29 is 18.3 Å². The fraction of sp³-hybridized carbons (Fsp3) is 0.312. The first-order chi connectivity index (χ1) is 9.92. The van der Waals surface area contributed by atoms with Crippen LogP contribution in [0.3, 0.4) is 0 Å². The molecular formula is C16H18FNO3. The van der Waals surface area contributed by atoms with Gasteiger partial charge < -0.3 is 14.5 Å². The Morgan fingerprint density at radius 2 is 2.05 bits per heavy atom. The van der Waals surface area contributed by atoms with Crippen LogP contribution in [0.1, 0.15) is 40.4 Å². The number of hydrogen-bond donors (Lipinski definition) is 1. The maximum absolute atomic E-state index is 13.7. The molecule has 0 fully saturated rings. The van der Waals surface area contributed by atoms with Crippen molar-refractivity contribution in [1.29, 1.82) is 0 Å². The number of halogens is 1. The van der Waals surface area contributed by atoms with Gasteiger partial charge in [-0.1, -0.05) is 6.07 Å². The summed E-state index contributed by atoms with van der Waals surface area (Å²) in [5, 5.41) is 2.82. The van der Waals surface area contributed by atoms with Gasteiger partial charge >= 0.3 is 0 Å². The van der Waals surface area contributed by atoms with Crippen LogP contribution in [0.15, 0.2) is 28.7 Å². The van der Waals surface area contributed by atoms with Crippen molar-refractivity contribution in [3.63, 3.8) is 0 Å². The Labute approximate surface area is 122 Å². The second-order valence-corrected chi connectivity index (χ2v) is 4.92. The van der Waals surface area contributed by atoms with Gasteiger partial charge in [-0.15, -0.1) is 0 Å². The van der Waals surface area contributed by atoms with E-state index < -0.39 is 5.82 Å². The maximum Gasteiger partial charge on any atom is 0.255 e. The minimum absolute atomic E-state index is 0.179. The number of carbonyl (C=O) groups excluding carboxylic acids is 1. The van der Waals surface area contributed by atoms with E-state index in [0.717, 1.165) is 0 Å². The average molecular weight is 291 g/mol. The molecule has 5 heteroatoms. The van der Waals surface area contributed by atoms with Gasteiger partial charge in [0, 0.05) is 0 Å². The number of aryl methyl sites for hydroxylation is 2. The van der Waals surface area contributed by atoms with Gasteiger partial charge in [0.25, 0.3) is 5.91 Å². The Bertz CT molecular complexity index is 664. The first-order valence-electron chi connectivity index (χ1n) is 6.63. The molecule has 0 bridgehead atoms.